The minimum absolute atomic E-state index is 0.0448. The number of hydrogen-bond donors (Lipinski definition) is 1. The Morgan fingerprint density at radius 1 is 1.22 bits per heavy atom. The van der Waals surface area contributed by atoms with E-state index in [1.165, 1.54) is 13.2 Å². The van der Waals surface area contributed by atoms with E-state index in [9.17, 15) is 23.2 Å². The lowest BCUT2D eigenvalue weighted by atomic mass is 9.99. The number of H-pyrrole nitrogens is 1. The van der Waals surface area contributed by atoms with E-state index in [4.69, 9.17) is 4.74 Å². The van der Waals surface area contributed by atoms with E-state index >= 15 is 0 Å². The summed E-state index contributed by atoms with van der Waals surface area (Å²) in [5.74, 6) is -2.36. The number of likely N-dealkylation sites (tertiary alicyclic amines) is 1. The van der Waals surface area contributed by atoms with E-state index in [-0.39, 0.29) is 30.2 Å². The van der Waals surface area contributed by atoms with Gasteiger partial charge in [-0.15, -0.1) is 0 Å². The van der Waals surface area contributed by atoms with Crippen molar-refractivity contribution < 1.29 is 23.1 Å². The van der Waals surface area contributed by atoms with E-state index in [1.807, 2.05) is 0 Å². The van der Waals surface area contributed by atoms with Crippen LogP contribution in [0.2, 0.25) is 0 Å². The SMILES string of the molecule is COCC(=O)N1CCc2nc([C@@H]3CCCCN3C(=O)c3ccc(F)c(F)c3)[nH]c(=O)c2C1. The van der Waals surface area contributed by atoms with Crippen molar-refractivity contribution in [2.45, 2.75) is 38.3 Å². The van der Waals surface area contributed by atoms with Crippen molar-refractivity contribution >= 4 is 11.8 Å². The summed E-state index contributed by atoms with van der Waals surface area (Å²) in [5, 5.41) is 0. The minimum Gasteiger partial charge on any atom is -0.375 e. The molecule has 1 fully saturated rings. The van der Waals surface area contributed by atoms with Gasteiger partial charge in [0.2, 0.25) is 5.91 Å². The number of methoxy groups -OCH3 is 1. The number of fused-ring (bicyclic) bond motifs is 1. The van der Waals surface area contributed by atoms with Crippen LogP contribution in [0, 0.1) is 11.6 Å². The average molecular weight is 446 g/mol. The molecule has 1 saturated heterocycles. The molecular weight excluding hydrogens is 422 g/mol. The molecular formula is C22H24F2N4O4. The summed E-state index contributed by atoms with van der Waals surface area (Å²) >= 11 is 0. The molecule has 1 N–H and O–H groups in total. The van der Waals surface area contributed by atoms with Crippen LogP contribution in [-0.2, 0) is 22.5 Å². The Morgan fingerprint density at radius 2 is 2.03 bits per heavy atom. The molecule has 1 aromatic carbocycles. The van der Waals surface area contributed by atoms with Gasteiger partial charge in [0, 0.05) is 32.2 Å². The second kappa shape index (κ2) is 9.15. The fourth-order valence-electron chi connectivity index (χ4n) is 4.28. The Hall–Kier alpha value is -3.14. The van der Waals surface area contributed by atoms with Crippen LogP contribution < -0.4 is 5.56 Å². The number of amides is 2. The first-order valence-corrected chi connectivity index (χ1v) is 10.5. The molecule has 0 spiro atoms. The van der Waals surface area contributed by atoms with Crippen molar-refractivity contribution in [2.75, 3.05) is 26.8 Å². The van der Waals surface area contributed by atoms with Crippen LogP contribution in [0.1, 0.15) is 52.7 Å². The zero-order valence-corrected chi connectivity index (χ0v) is 17.7. The van der Waals surface area contributed by atoms with Crippen LogP contribution in [0.25, 0.3) is 0 Å². The van der Waals surface area contributed by atoms with Crippen LogP contribution in [-0.4, -0.2) is 58.4 Å². The van der Waals surface area contributed by atoms with E-state index in [0.29, 0.717) is 43.0 Å². The van der Waals surface area contributed by atoms with Crippen molar-refractivity contribution in [3.8, 4) is 0 Å². The molecule has 170 valence electrons. The highest BCUT2D eigenvalue weighted by Crippen LogP contribution is 2.31. The molecule has 0 aliphatic carbocycles. The monoisotopic (exact) mass is 446 g/mol. The van der Waals surface area contributed by atoms with E-state index in [0.717, 1.165) is 25.0 Å². The predicted octanol–water partition coefficient (Wildman–Crippen LogP) is 1.95. The largest absolute Gasteiger partial charge is 0.375 e. The molecule has 0 bridgehead atoms. The quantitative estimate of drug-likeness (QED) is 0.775. The highest BCUT2D eigenvalue weighted by Gasteiger charge is 2.32. The molecule has 10 heteroatoms. The third-order valence-electron chi connectivity index (χ3n) is 5.95. The number of carbonyl (C=O) groups excluding carboxylic acids is 2. The number of benzene rings is 1. The zero-order chi connectivity index (χ0) is 22.8. The van der Waals surface area contributed by atoms with Gasteiger partial charge in [0.15, 0.2) is 11.6 Å². The first-order valence-electron chi connectivity index (χ1n) is 10.5. The van der Waals surface area contributed by atoms with Gasteiger partial charge in [0.1, 0.15) is 12.4 Å². The maximum atomic E-state index is 13.7. The van der Waals surface area contributed by atoms with Gasteiger partial charge < -0.3 is 19.5 Å². The molecule has 32 heavy (non-hydrogen) atoms. The molecule has 0 unspecified atom stereocenters. The summed E-state index contributed by atoms with van der Waals surface area (Å²) in [5.41, 5.74) is 0.740. The van der Waals surface area contributed by atoms with Gasteiger partial charge in [0.25, 0.3) is 11.5 Å². The summed E-state index contributed by atoms with van der Waals surface area (Å²) in [6.07, 6.45) is 2.62. The van der Waals surface area contributed by atoms with Gasteiger partial charge >= 0.3 is 0 Å². The fraction of sp³-hybridized carbons (Fsp3) is 0.455. The summed E-state index contributed by atoms with van der Waals surface area (Å²) in [7, 11) is 1.44. The Bertz CT molecular complexity index is 1100. The number of halogens is 2. The highest BCUT2D eigenvalue weighted by atomic mass is 19.2. The van der Waals surface area contributed by atoms with Crippen molar-refractivity contribution in [3.63, 3.8) is 0 Å². The maximum Gasteiger partial charge on any atom is 0.256 e. The van der Waals surface area contributed by atoms with Crippen molar-refractivity contribution in [1.82, 2.24) is 19.8 Å². The molecule has 2 aliphatic rings. The van der Waals surface area contributed by atoms with Crippen LogP contribution in [0.5, 0.6) is 0 Å². The Labute approximate surface area is 183 Å². The van der Waals surface area contributed by atoms with Crippen LogP contribution in [0.15, 0.2) is 23.0 Å². The summed E-state index contributed by atoms with van der Waals surface area (Å²) in [4.78, 5) is 48.5. The number of nitrogens with one attached hydrogen (secondary N) is 1. The van der Waals surface area contributed by atoms with E-state index in [1.54, 1.807) is 9.80 Å². The van der Waals surface area contributed by atoms with Gasteiger partial charge in [-0.3, -0.25) is 14.4 Å². The molecule has 8 nitrogen and oxygen atoms in total. The highest BCUT2D eigenvalue weighted by molar-refractivity contribution is 5.94. The topological polar surface area (TPSA) is 95.6 Å². The number of rotatable bonds is 4. The second-order valence-electron chi connectivity index (χ2n) is 8.01. The van der Waals surface area contributed by atoms with Gasteiger partial charge in [-0.1, -0.05) is 0 Å². The van der Waals surface area contributed by atoms with Crippen molar-refractivity contribution in [3.05, 3.63) is 62.8 Å². The van der Waals surface area contributed by atoms with Gasteiger partial charge in [-0.25, -0.2) is 13.8 Å². The van der Waals surface area contributed by atoms with Crippen molar-refractivity contribution in [1.29, 1.82) is 0 Å². The number of aromatic nitrogens is 2. The van der Waals surface area contributed by atoms with E-state index in [2.05, 4.69) is 9.97 Å². The molecule has 2 aliphatic heterocycles. The third-order valence-corrected chi connectivity index (χ3v) is 5.95. The van der Waals surface area contributed by atoms with E-state index < -0.39 is 23.6 Å². The Morgan fingerprint density at radius 3 is 2.78 bits per heavy atom. The Balaban J connectivity index is 1.61. The molecule has 2 aromatic rings. The number of ether oxygens (including phenoxy) is 1. The van der Waals surface area contributed by atoms with Crippen LogP contribution in [0.3, 0.4) is 0 Å². The number of aromatic amines is 1. The first-order chi connectivity index (χ1) is 15.4. The first kappa shape index (κ1) is 22.1. The lowest BCUT2D eigenvalue weighted by molar-refractivity contribution is -0.136. The normalized spacial score (nSPS) is 18.4. The fourth-order valence-corrected chi connectivity index (χ4v) is 4.28. The molecule has 1 aromatic heterocycles. The number of piperidine rings is 1. The summed E-state index contributed by atoms with van der Waals surface area (Å²) < 4.78 is 31.8. The zero-order valence-electron chi connectivity index (χ0n) is 17.7. The standard InChI is InChI=1S/C22H24F2N4O4/c1-32-12-19(29)27-9-7-17-14(11-27)21(30)26-20(25-17)18-4-2-3-8-28(18)22(31)13-5-6-15(23)16(24)10-13/h5-6,10,18H,2-4,7-9,11-12H2,1H3,(H,25,26,30)/t18-/m0/s1. The lowest BCUT2D eigenvalue weighted by Gasteiger charge is -2.36. The molecule has 0 radical (unpaired) electrons. The smallest absolute Gasteiger partial charge is 0.256 e. The molecule has 2 amide bonds. The third kappa shape index (κ3) is 4.27. The molecule has 3 heterocycles. The maximum absolute atomic E-state index is 13.7. The summed E-state index contributed by atoms with van der Waals surface area (Å²) in [6.45, 7) is 0.944. The van der Waals surface area contributed by atoms with Gasteiger partial charge in [-0.05, 0) is 37.5 Å². The number of hydrogen-bond acceptors (Lipinski definition) is 5. The average Bonchev–Trinajstić information content (AvgIpc) is 2.80. The summed E-state index contributed by atoms with van der Waals surface area (Å²) in [6, 6.07) is 2.59. The molecule has 1 atom stereocenters. The van der Waals surface area contributed by atoms with Gasteiger partial charge in [0.05, 0.1) is 23.8 Å². The molecule has 4 rings (SSSR count). The predicted molar refractivity (Wildman–Crippen MR) is 110 cm³/mol. The number of nitrogens with zero attached hydrogens (tertiary/aromatic N) is 3. The lowest BCUT2D eigenvalue weighted by Crippen LogP contribution is -2.43. The second-order valence-corrected chi connectivity index (χ2v) is 8.01. The molecule has 0 saturated carbocycles. The van der Waals surface area contributed by atoms with Crippen LogP contribution >= 0.6 is 0 Å². The van der Waals surface area contributed by atoms with Gasteiger partial charge in [-0.2, -0.15) is 0 Å². The number of carbonyl (C=O) groups is 2. The van der Waals surface area contributed by atoms with Crippen molar-refractivity contribution in [2.24, 2.45) is 0 Å². The Kier molecular flexibility index (Phi) is 6.31. The minimum atomic E-state index is -1.09. The van der Waals surface area contributed by atoms with Crippen LogP contribution in [0.4, 0.5) is 8.78 Å².